The summed E-state index contributed by atoms with van der Waals surface area (Å²) in [6, 6.07) is 9.84. The number of aliphatic hydroxyl groups is 1. The van der Waals surface area contributed by atoms with Gasteiger partial charge in [-0.2, -0.15) is 0 Å². The molecule has 5 heteroatoms. The summed E-state index contributed by atoms with van der Waals surface area (Å²) < 4.78 is 1.61. The number of aryl methyl sites for hydroxylation is 1. The summed E-state index contributed by atoms with van der Waals surface area (Å²) in [5.74, 6) is 0.382. The monoisotopic (exact) mass is 273 g/mol. The average molecular weight is 273 g/mol. The van der Waals surface area contributed by atoms with Gasteiger partial charge in [0.25, 0.3) is 5.56 Å². The van der Waals surface area contributed by atoms with Crippen LogP contribution in [-0.2, 0) is 13.1 Å². The highest BCUT2D eigenvalue weighted by atomic mass is 16.3. The number of rotatable bonds is 6. The van der Waals surface area contributed by atoms with Crippen molar-refractivity contribution in [1.29, 1.82) is 0 Å². The zero-order valence-electron chi connectivity index (χ0n) is 11.6. The molecule has 5 nitrogen and oxygen atoms in total. The minimum atomic E-state index is -0.126. The summed E-state index contributed by atoms with van der Waals surface area (Å²) in [4.78, 5) is 18.3. The molecule has 0 atom stereocenters. The quantitative estimate of drug-likeness (QED) is 0.861. The maximum atomic E-state index is 12.3. The van der Waals surface area contributed by atoms with Gasteiger partial charge in [-0.25, -0.2) is 4.98 Å². The Hall–Kier alpha value is -2.14. The molecule has 2 aromatic rings. The van der Waals surface area contributed by atoms with Crippen LogP contribution in [0.15, 0.2) is 47.5 Å². The molecular weight excluding hydrogens is 254 g/mol. The first-order chi connectivity index (χ1) is 9.76. The van der Waals surface area contributed by atoms with Crippen molar-refractivity contribution in [3.05, 3.63) is 58.6 Å². The molecule has 0 spiro atoms. The predicted molar refractivity (Wildman–Crippen MR) is 78.7 cm³/mol. The fraction of sp³-hybridized carbons (Fsp3) is 0.333. The van der Waals surface area contributed by atoms with Crippen molar-refractivity contribution in [2.24, 2.45) is 0 Å². The van der Waals surface area contributed by atoms with E-state index in [0.717, 1.165) is 5.56 Å². The molecule has 0 aliphatic rings. The van der Waals surface area contributed by atoms with Gasteiger partial charge in [-0.05, 0) is 12.5 Å². The third-order valence-electron chi connectivity index (χ3n) is 3.12. The highest BCUT2D eigenvalue weighted by Gasteiger charge is 2.13. The molecule has 2 rings (SSSR count). The van der Waals surface area contributed by atoms with Gasteiger partial charge in [0.05, 0.1) is 6.61 Å². The molecule has 106 valence electrons. The predicted octanol–water partition coefficient (Wildman–Crippen LogP) is 1.26. The van der Waals surface area contributed by atoms with Crippen LogP contribution in [0.1, 0.15) is 12.5 Å². The Morgan fingerprint density at radius 1 is 1.30 bits per heavy atom. The Morgan fingerprint density at radius 3 is 2.70 bits per heavy atom. The third kappa shape index (κ3) is 3.24. The second-order valence-electron chi connectivity index (χ2n) is 4.47. The molecule has 20 heavy (non-hydrogen) atoms. The van der Waals surface area contributed by atoms with Crippen LogP contribution in [0.5, 0.6) is 0 Å². The van der Waals surface area contributed by atoms with Gasteiger partial charge >= 0.3 is 0 Å². The molecule has 0 bridgehead atoms. The average Bonchev–Trinajstić information content (AvgIpc) is 2.48. The number of hydrogen-bond acceptors (Lipinski definition) is 4. The number of nitrogens with zero attached hydrogens (tertiary/aromatic N) is 3. The summed E-state index contributed by atoms with van der Waals surface area (Å²) >= 11 is 0. The highest BCUT2D eigenvalue weighted by molar-refractivity contribution is 5.37. The first kappa shape index (κ1) is 14.3. The second-order valence-corrected chi connectivity index (χ2v) is 4.47. The second kappa shape index (κ2) is 6.86. The number of aliphatic hydroxyl groups excluding tert-OH is 1. The molecule has 0 amide bonds. The van der Waals surface area contributed by atoms with Crippen LogP contribution in [0.4, 0.5) is 5.82 Å². The maximum Gasteiger partial charge on any atom is 0.293 e. The summed E-state index contributed by atoms with van der Waals surface area (Å²) in [6.07, 6.45) is 3.29. The smallest absolute Gasteiger partial charge is 0.293 e. The normalized spacial score (nSPS) is 10.5. The van der Waals surface area contributed by atoms with E-state index in [0.29, 0.717) is 25.5 Å². The molecule has 1 aromatic carbocycles. The standard InChI is InChI=1S/C15H19N3O2/c1-2-17-9-8-16-14(15(17)20)18(10-11-19)12-13-6-4-3-5-7-13/h3-9,19H,2,10-12H2,1H3. The SMILES string of the molecule is CCn1ccnc(N(CCO)Cc2ccccc2)c1=O. The Kier molecular flexibility index (Phi) is 4.90. The van der Waals surface area contributed by atoms with E-state index in [1.165, 1.54) is 0 Å². The van der Waals surface area contributed by atoms with Crippen molar-refractivity contribution in [1.82, 2.24) is 9.55 Å². The fourth-order valence-electron chi connectivity index (χ4n) is 2.09. The van der Waals surface area contributed by atoms with Crippen molar-refractivity contribution < 1.29 is 5.11 Å². The van der Waals surface area contributed by atoms with Crippen molar-refractivity contribution in [3.8, 4) is 0 Å². The molecule has 0 aliphatic carbocycles. The van der Waals surface area contributed by atoms with Gasteiger partial charge in [0.1, 0.15) is 0 Å². The Bertz CT molecular complexity index is 596. The van der Waals surface area contributed by atoms with Gasteiger partial charge in [-0.3, -0.25) is 4.79 Å². The van der Waals surface area contributed by atoms with Crippen LogP contribution in [-0.4, -0.2) is 27.8 Å². The first-order valence-electron chi connectivity index (χ1n) is 6.71. The molecule has 1 aromatic heterocycles. The van der Waals surface area contributed by atoms with E-state index in [-0.39, 0.29) is 12.2 Å². The van der Waals surface area contributed by atoms with Crippen LogP contribution < -0.4 is 10.5 Å². The van der Waals surface area contributed by atoms with E-state index in [1.807, 2.05) is 42.2 Å². The lowest BCUT2D eigenvalue weighted by Gasteiger charge is -2.22. The number of anilines is 1. The van der Waals surface area contributed by atoms with Gasteiger partial charge in [-0.1, -0.05) is 30.3 Å². The summed E-state index contributed by atoms with van der Waals surface area (Å²) in [5.41, 5.74) is 0.952. The molecule has 1 N–H and O–H groups in total. The van der Waals surface area contributed by atoms with Crippen molar-refractivity contribution in [2.45, 2.75) is 20.0 Å². The van der Waals surface area contributed by atoms with Gasteiger partial charge < -0.3 is 14.6 Å². The first-order valence-corrected chi connectivity index (χ1v) is 6.71. The lowest BCUT2D eigenvalue weighted by molar-refractivity contribution is 0.301. The van der Waals surface area contributed by atoms with E-state index in [9.17, 15) is 9.90 Å². The van der Waals surface area contributed by atoms with Gasteiger partial charge in [0, 0.05) is 32.0 Å². The zero-order chi connectivity index (χ0) is 14.4. The van der Waals surface area contributed by atoms with Crippen LogP contribution >= 0.6 is 0 Å². The fourth-order valence-corrected chi connectivity index (χ4v) is 2.09. The van der Waals surface area contributed by atoms with Crippen molar-refractivity contribution in [2.75, 3.05) is 18.1 Å². The van der Waals surface area contributed by atoms with Crippen LogP contribution in [0, 0.1) is 0 Å². The molecule has 0 fully saturated rings. The van der Waals surface area contributed by atoms with Gasteiger partial charge in [0.2, 0.25) is 0 Å². The number of aromatic nitrogens is 2. The van der Waals surface area contributed by atoms with E-state index in [1.54, 1.807) is 17.0 Å². The van der Waals surface area contributed by atoms with Crippen LogP contribution in [0.25, 0.3) is 0 Å². The molecule has 0 saturated heterocycles. The van der Waals surface area contributed by atoms with Gasteiger partial charge in [-0.15, -0.1) is 0 Å². The summed E-state index contributed by atoms with van der Waals surface area (Å²) in [5, 5.41) is 9.22. The summed E-state index contributed by atoms with van der Waals surface area (Å²) in [7, 11) is 0. The molecular formula is C15H19N3O2. The lowest BCUT2D eigenvalue weighted by atomic mass is 10.2. The Morgan fingerprint density at radius 2 is 2.05 bits per heavy atom. The van der Waals surface area contributed by atoms with Gasteiger partial charge in [0.15, 0.2) is 5.82 Å². The molecule has 0 saturated carbocycles. The minimum Gasteiger partial charge on any atom is -0.395 e. The number of benzene rings is 1. The molecule has 0 radical (unpaired) electrons. The van der Waals surface area contributed by atoms with E-state index in [2.05, 4.69) is 4.98 Å². The number of hydrogen-bond donors (Lipinski definition) is 1. The largest absolute Gasteiger partial charge is 0.395 e. The maximum absolute atomic E-state index is 12.3. The third-order valence-corrected chi connectivity index (χ3v) is 3.12. The molecule has 0 unspecified atom stereocenters. The minimum absolute atomic E-state index is 0.0189. The highest BCUT2D eigenvalue weighted by Crippen LogP contribution is 2.10. The lowest BCUT2D eigenvalue weighted by Crippen LogP contribution is -2.34. The Balaban J connectivity index is 2.31. The van der Waals surface area contributed by atoms with Crippen molar-refractivity contribution in [3.63, 3.8) is 0 Å². The molecule has 0 aliphatic heterocycles. The van der Waals surface area contributed by atoms with Crippen LogP contribution in [0.3, 0.4) is 0 Å². The zero-order valence-corrected chi connectivity index (χ0v) is 11.6. The van der Waals surface area contributed by atoms with E-state index >= 15 is 0 Å². The summed E-state index contributed by atoms with van der Waals surface area (Å²) in [6.45, 7) is 3.43. The van der Waals surface area contributed by atoms with E-state index in [4.69, 9.17) is 0 Å². The molecule has 1 heterocycles. The van der Waals surface area contributed by atoms with E-state index < -0.39 is 0 Å². The topological polar surface area (TPSA) is 58.4 Å². The van der Waals surface area contributed by atoms with Crippen molar-refractivity contribution >= 4 is 5.82 Å². The Labute approximate surface area is 118 Å². The van der Waals surface area contributed by atoms with Crippen LogP contribution in [0.2, 0.25) is 0 Å².